The van der Waals surface area contributed by atoms with Crippen LogP contribution in [0.1, 0.15) is 29.6 Å². The van der Waals surface area contributed by atoms with Crippen LogP contribution in [0, 0.1) is 10.1 Å². The molecule has 1 aromatic rings. The lowest BCUT2D eigenvalue weighted by atomic mass is 10.1. The molecule has 0 aromatic heterocycles. The van der Waals surface area contributed by atoms with Gasteiger partial charge in [0.25, 0.3) is 11.6 Å². The molecule has 0 spiro atoms. The first kappa shape index (κ1) is 19.1. The summed E-state index contributed by atoms with van der Waals surface area (Å²) in [7, 11) is 0. The standard InChI is InChI=1S/C18H23N3O6/c22-17(20-8-10-26-11-9-20)13-27-18(23)15-12-14(21(24)25)4-5-16(15)19-6-2-1-3-7-19/h4-5,12H,1-3,6-11,13H2. The molecule has 9 nitrogen and oxygen atoms in total. The molecule has 27 heavy (non-hydrogen) atoms. The summed E-state index contributed by atoms with van der Waals surface area (Å²) < 4.78 is 10.4. The van der Waals surface area contributed by atoms with Gasteiger partial charge in [-0.3, -0.25) is 14.9 Å². The molecule has 1 aromatic carbocycles. The molecule has 0 N–H and O–H groups in total. The van der Waals surface area contributed by atoms with Crippen LogP contribution in [0.15, 0.2) is 18.2 Å². The second-order valence-corrected chi connectivity index (χ2v) is 6.58. The van der Waals surface area contributed by atoms with Gasteiger partial charge in [-0.05, 0) is 25.3 Å². The number of piperidine rings is 1. The summed E-state index contributed by atoms with van der Waals surface area (Å²) >= 11 is 0. The molecule has 0 radical (unpaired) electrons. The van der Waals surface area contributed by atoms with Crippen LogP contribution in [0.2, 0.25) is 0 Å². The van der Waals surface area contributed by atoms with Gasteiger partial charge in [0.05, 0.1) is 29.4 Å². The third-order valence-corrected chi connectivity index (χ3v) is 4.80. The Morgan fingerprint density at radius 3 is 2.48 bits per heavy atom. The van der Waals surface area contributed by atoms with Crippen molar-refractivity contribution in [2.24, 2.45) is 0 Å². The second kappa shape index (κ2) is 8.81. The number of morpholine rings is 1. The molecule has 2 aliphatic heterocycles. The van der Waals surface area contributed by atoms with Gasteiger partial charge < -0.3 is 19.3 Å². The number of hydrogen-bond acceptors (Lipinski definition) is 7. The number of esters is 1. The Kier molecular flexibility index (Phi) is 6.23. The minimum atomic E-state index is -0.721. The molecule has 0 unspecified atom stereocenters. The molecule has 9 heteroatoms. The van der Waals surface area contributed by atoms with E-state index in [2.05, 4.69) is 0 Å². The van der Waals surface area contributed by atoms with Crippen molar-refractivity contribution in [3.63, 3.8) is 0 Å². The van der Waals surface area contributed by atoms with Gasteiger partial charge in [-0.1, -0.05) is 0 Å². The summed E-state index contributed by atoms with van der Waals surface area (Å²) in [5.41, 5.74) is 0.562. The van der Waals surface area contributed by atoms with Crippen LogP contribution in [0.25, 0.3) is 0 Å². The van der Waals surface area contributed by atoms with E-state index in [1.807, 2.05) is 4.90 Å². The molecule has 2 fully saturated rings. The van der Waals surface area contributed by atoms with Crippen molar-refractivity contribution in [2.45, 2.75) is 19.3 Å². The molecule has 0 saturated carbocycles. The van der Waals surface area contributed by atoms with E-state index in [4.69, 9.17) is 9.47 Å². The molecule has 2 aliphatic rings. The number of anilines is 1. The maximum Gasteiger partial charge on any atom is 0.341 e. The van der Waals surface area contributed by atoms with Crippen molar-refractivity contribution in [3.8, 4) is 0 Å². The monoisotopic (exact) mass is 377 g/mol. The Morgan fingerprint density at radius 2 is 1.81 bits per heavy atom. The lowest BCUT2D eigenvalue weighted by molar-refractivity contribution is -0.384. The van der Waals surface area contributed by atoms with E-state index in [1.54, 1.807) is 11.0 Å². The number of amides is 1. The fourth-order valence-electron chi connectivity index (χ4n) is 3.32. The molecule has 2 heterocycles. The van der Waals surface area contributed by atoms with Crippen molar-refractivity contribution in [1.82, 2.24) is 4.90 Å². The van der Waals surface area contributed by atoms with E-state index in [-0.39, 0.29) is 23.8 Å². The Labute approximate surface area is 157 Å². The molecular formula is C18H23N3O6. The van der Waals surface area contributed by atoms with Gasteiger partial charge >= 0.3 is 5.97 Å². The third-order valence-electron chi connectivity index (χ3n) is 4.80. The number of nitro benzene ring substituents is 1. The number of hydrogen-bond donors (Lipinski definition) is 0. The van der Waals surface area contributed by atoms with Gasteiger partial charge in [0.1, 0.15) is 0 Å². The lowest BCUT2D eigenvalue weighted by Gasteiger charge is -2.30. The molecule has 0 aliphatic carbocycles. The zero-order chi connectivity index (χ0) is 19.2. The maximum absolute atomic E-state index is 12.6. The highest BCUT2D eigenvalue weighted by atomic mass is 16.6. The largest absolute Gasteiger partial charge is 0.452 e. The first-order valence-corrected chi connectivity index (χ1v) is 9.12. The van der Waals surface area contributed by atoms with Gasteiger partial charge in [0.2, 0.25) is 0 Å². The Balaban J connectivity index is 1.73. The lowest BCUT2D eigenvalue weighted by Crippen LogP contribution is -2.42. The van der Waals surface area contributed by atoms with Crippen LogP contribution < -0.4 is 4.90 Å². The Morgan fingerprint density at radius 1 is 1.11 bits per heavy atom. The number of benzene rings is 1. The molecule has 0 atom stereocenters. The normalized spacial score (nSPS) is 17.5. The highest BCUT2D eigenvalue weighted by Gasteiger charge is 2.24. The van der Waals surface area contributed by atoms with E-state index < -0.39 is 10.9 Å². The van der Waals surface area contributed by atoms with Crippen molar-refractivity contribution in [1.29, 1.82) is 0 Å². The summed E-state index contributed by atoms with van der Waals surface area (Å²) in [5.74, 6) is -1.02. The minimum Gasteiger partial charge on any atom is -0.452 e. The van der Waals surface area contributed by atoms with Crippen LogP contribution in [-0.4, -0.2) is 67.7 Å². The molecule has 1 amide bonds. The number of rotatable bonds is 5. The number of carbonyl (C=O) groups excluding carboxylic acids is 2. The van der Waals surface area contributed by atoms with Gasteiger partial charge in [-0.2, -0.15) is 0 Å². The van der Waals surface area contributed by atoms with Crippen molar-refractivity contribution < 1.29 is 24.0 Å². The quantitative estimate of drug-likeness (QED) is 0.436. The van der Waals surface area contributed by atoms with Crippen LogP contribution in [0.5, 0.6) is 0 Å². The minimum absolute atomic E-state index is 0.126. The van der Waals surface area contributed by atoms with E-state index in [0.29, 0.717) is 32.0 Å². The Hall–Kier alpha value is -2.68. The fourth-order valence-corrected chi connectivity index (χ4v) is 3.32. The van der Waals surface area contributed by atoms with Crippen LogP contribution in [-0.2, 0) is 14.3 Å². The topological polar surface area (TPSA) is 102 Å². The maximum atomic E-state index is 12.6. The number of nitro groups is 1. The van der Waals surface area contributed by atoms with E-state index in [1.165, 1.54) is 12.1 Å². The van der Waals surface area contributed by atoms with Crippen molar-refractivity contribution >= 4 is 23.3 Å². The summed E-state index contributed by atoms with van der Waals surface area (Å²) in [6, 6.07) is 4.20. The molecular weight excluding hydrogens is 354 g/mol. The molecule has 2 saturated heterocycles. The molecule has 3 rings (SSSR count). The van der Waals surface area contributed by atoms with E-state index in [0.717, 1.165) is 32.4 Å². The van der Waals surface area contributed by atoms with Crippen molar-refractivity contribution in [3.05, 3.63) is 33.9 Å². The van der Waals surface area contributed by atoms with Gasteiger partial charge in [0, 0.05) is 38.3 Å². The molecule has 146 valence electrons. The predicted octanol–water partition coefficient (Wildman–Crippen LogP) is 1.60. The average molecular weight is 377 g/mol. The summed E-state index contributed by atoms with van der Waals surface area (Å²) in [4.78, 5) is 38.9. The van der Waals surface area contributed by atoms with Crippen LogP contribution in [0.3, 0.4) is 0 Å². The predicted molar refractivity (Wildman–Crippen MR) is 96.8 cm³/mol. The van der Waals surface area contributed by atoms with Gasteiger partial charge in [-0.15, -0.1) is 0 Å². The van der Waals surface area contributed by atoms with E-state index >= 15 is 0 Å². The highest BCUT2D eigenvalue weighted by Crippen LogP contribution is 2.28. The van der Waals surface area contributed by atoms with Crippen molar-refractivity contribution in [2.75, 3.05) is 50.9 Å². The smallest absolute Gasteiger partial charge is 0.341 e. The number of non-ortho nitro benzene ring substituents is 1. The average Bonchev–Trinajstić information content (AvgIpc) is 2.72. The fraction of sp³-hybridized carbons (Fsp3) is 0.556. The summed E-state index contributed by atoms with van der Waals surface area (Å²) in [6.45, 7) is 3.03. The SMILES string of the molecule is O=C(OCC(=O)N1CCOCC1)c1cc([N+](=O)[O-])ccc1N1CCCCC1. The first-order valence-electron chi connectivity index (χ1n) is 9.12. The highest BCUT2D eigenvalue weighted by molar-refractivity contribution is 5.97. The zero-order valence-electron chi connectivity index (χ0n) is 15.1. The second-order valence-electron chi connectivity index (χ2n) is 6.58. The molecule has 0 bridgehead atoms. The zero-order valence-corrected chi connectivity index (χ0v) is 15.1. The Bertz CT molecular complexity index is 711. The summed E-state index contributed by atoms with van der Waals surface area (Å²) in [6.07, 6.45) is 3.12. The number of carbonyl (C=O) groups is 2. The number of nitrogens with zero attached hydrogens (tertiary/aromatic N) is 3. The third kappa shape index (κ3) is 4.73. The first-order chi connectivity index (χ1) is 13.1. The van der Waals surface area contributed by atoms with Gasteiger partial charge in [0.15, 0.2) is 6.61 Å². The number of ether oxygens (including phenoxy) is 2. The summed E-state index contributed by atoms with van der Waals surface area (Å²) in [5, 5.41) is 11.1. The van der Waals surface area contributed by atoms with Crippen LogP contribution >= 0.6 is 0 Å². The van der Waals surface area contributed by atoms with E-state index in [9.17, 15) is 19.7 Å². The van der Waals surface area contributed by atoms with Gasteiger partial charge in [-0.25, -0.2) is 4.79 Å². The van der Waals surface area contributed by atoms with Crippen LogP contribution in [0.4, 0.5) is 11.4 Å².